The number of amides is 2. The first-order valence-corrected chi connectivity index (χ1v) is 10.1. The van der Waals surface area contributed by atoms with Crippen LogP contribution in [0.15, 0.2) is 42.5 Å². The molecular weight excluding hydrogens is 366 g/mol. The molecule has 0 saturated carbocycles. The van der Waals surface area contributed by atoms with Crippen molar-refractivity contribution < 1.29 is 14.3 Å². The number of benzene rings is 2. The number of anilines is 3. The standard InChI is InChI=1S/C23H27N3O3/c1-4-16-5-7-18(8-6-16)26-15-17(13-22(26)27)23(28)25-11-12-29-21-14-19(24(2)3)9-10-20(21)25/h5-10,14,17H,4,11-13,15H2,1-3H3. The Morgan fingerprint density at radius 3 is 2.62 bits per heavy atom. The maximum absolute atomic E-state index is 13.3. The highest BCUT2D eigenvalue weighted by molar-refractivity contribution is 6.05. The maximum Gasteiger partial charge on any atom is 0.232 e. The van der Waals surface area contributed by atoms with Gasteiger partial charge in [0.1, 0.15) is 12.4 Å². The van der Waals surface area contributed by atoms with Gasteiger partial charge in [0.2, 0.25) is 11.8 Å². The zero-order valence-electron chi connectivity index (χ0n) is 17.2. The zero-order valence-corrected chi connectivity index (χ0v) is 17.2. The van der Waals surface area contributed by atoms with Crippen molar-refractivity contribution in [2.75, 3.05) is 48.5 Å². The summed E-state index contributed by atoms with van der Waals surface area (Å²) < 4.78 is 5.79. The number of ether oxygens (including phenoxy) is 1. The van der Waals surface area contributed by atoms with E-state index in [1.807, 2.05) is 61.5 Å². The summed E-state index contributed by atoms with van der Waals surface area (Å²) in [4.78, 5) is 31.4. The van der Waals surface area contributed by atoms with Gasteiger partial charge in [-0.25, -0.2) is 0 Å². The third-order valence-electron chi connectivity index (χ3n) is 5.72. The molecule has 0 aliphatic carbocycles. The van der Waals surface area contributed by atoms with Crippen molar-refractivity contribution in [3.05, 3.63) is 48.0 Å². The summed E-state index contributed by atoms with van der Waals surface area (Å²) in [7, 11) is 3.94. The molecule has 0 bridgehead atoms. The smallest absolute Gasteiger partial charge is 0.232 e. The first-order chi connectivity index (χ1) is 14.0. The van der Waals surface area contributed by atoms with Crippen molar-refractivity contribution in [2.45, 2.75) is 19.8 Å². The fourth-order valence-corrected chi connectivity index (χ4v) is 3.97. The molecule has 2 aromatic carbocycles. The third-order valence-corrected chi connectivity index (χ3v) is 5.72. The van der Waals surface area contributed by atoms with Crippen LogP contribution in [0.1, 0.15) is 18.9 Å². The topological polar surface area (TPSA) is 53.1 Å². The van der Waals surface area contributed by atoms with E-state index in [0.29, 0.717) is 25.4 Å². The van der Waals surface area contributed by atoms with Crippen molar-refractivity contribution in [1.29, 1.82) is 0 Å². The number of carbonyl (C=O) groups excluding carboxylic acids is 2. The zero-order chi connectivity index (χ0) is 20.5. The summed E-state index contributed by atoms with van der Waals surface area (Å²) >= 11 is 0. The lowest BCUT2D eigenvalue weighted by molar-refractivity contribution is -0.124. The van der Waals surface area contributed by atoms with Crippen LogP contribution in [0.4, 0.5) is 17.1 Å². The fraction of sp³-hybridized carbons (Fsp3) is 0.391. The summed E-state index contributed by atoms with van der Waals surface area (Å²) in [5.41, 5.74) is 3.90. The Morgan fingerprint density at radius 2 is 1.93 bits per heavy atom. The second-order valence-corrected chi connectivity index (χ2v) is 7.81. The van der Waals surface area contributed by atoms with Gasteiger partial charge in [0.25, 0.3) is 0 Å². The van der Waals surface area contributed by atoms with E-state index >= 15 is 0 Å². The average molecular weight is 393 g/mol. The van der Waals surface area contributed by atoms with Gasteiger partial charge < -0.3 is 19.4 Å². The number of hydrogen-bond acceptors (Lipinski definition) is 4. The minimum absolute atomic E-state index is 0.00374. The van der Waals surface area contributed by atoms with E-state index in [1.54, 1.807) is 9.80 Å². The van der Waals surface area contributed by atoms with Crippen molar-refractivity contribution in [3.8, 4) is 5.75 Å². The van der Waals surface area contributed by atoms with E-state index in [-0.39, 0.29) is 24.2 Å². The molecular formula is C23H27N3O3. The quantitative estimate of drug-likeness (QED) is 0.801. The normalized spacial score (nSPS) is 18.4. The SMILES string of the molecule is CCc1ccc(N2CC(C(=O)N3CCOc4cc(N(C)C)ccc43)CC2=O)cc1. The summed E-state index contributed by atoms with van der Waals surface area (Å²) in [6, 6.07) is 13.9. The Morgan fingerprint density at radius 1 is 1.17 bits per heavy atom. The van der Waals surface area contributed by atoms with Gasteiger partial charge in [-0.05, 0) is 36.2 Å². The molecule has 0 radical (unpaired) electrons. The highest BCUT2D eigenvalue weighted by Crippen LogP contribution is 2.37. The monoisotopic (exact) mass is 393 g/mol. The van der Waals surface area contributed by atoms with E-state index in [4.69, 9.17) is 4.74 Å². The highest BCUT2D eigenvalue weighted by atomic mass is 16.5. The maximum atomic E-state index is 13.3. The molecule has 4 rings (SSSR count). The lowest BCUT2D eigenvalue weighted by atomic mass is 10.1. The molecule has 1 fully saturated rings. The highest BCUT2D eigenvalue weighted by Gasteiger charge is 2.38. The summed E-state index contributed by atoms with van der Waals surface area (Å²) in [5.74, 6) is 0.372. The van der Waals surface area contributed by atoms with E-state index in [9.17, 15) is 9.59 Å². The summed E-state index contributed by atoms with van der Waals surface area (Å²) in [5, 5.41) is 0. The van der Waals surface area contributed by atoms with E-state index in [2.05, 4.69) is 6.92 Å². The van der Waals surface area contributed by atoms with Crippen LogP contribution in [0.25, 0.3) is 0 Å². The predicted molar refractivity (Wildman–Crippen MR) is 115 cm³/mol. The van der Waals surface area contributed by atoms with Gasteiger partial charge in [-0.3, -0.25) is 9.59 Å². The average Bonchev–Trinajstić information content (AvgIpc) is 3.14. The van der Waals surface area contributed by atoms with Gasteiger partial charge >= 0.3 is 0 Å². The molecule has 2 heterocycles. The number of fused-ring (bicyclic) bond motifs is 1. The Bertz CT molecular complexity index is 923. The largest absolute Gasteiger partial charge is 0.489 e. The van der Waals surface area contributed by atoms with E-state index < -0.39 is 0 Å². The molecule has 1 saturated heterocycles. The third kappa shape index (κ3) is 3.67. The van der Waals surface area contributed by atoms with Gasteiger partial charge in [0.15, 0.2) is 0 Å². The molecule has 2 aromatic rings. The van der Waals surface area contributed by atoms with Gasteiger partial charge in [0.05, 0.1) is 18.2 Å². The Balaban J connectivity index is 1.53. The number of aryl methyl sites for hydroxylation is 1. The number of rotatable bonds is 4. The number of hydrogen-bond donors (Lipinski definition) is 0. The fourth-order valence-electron chi connectivity index (χ4n) is 3.97. The molecule has 2 aliphatic rings. The molecule has 2 amide bonds. The predicted octanol–water partition coefficient (Wildman–Crippen LogP) is 3.09. The van der Waals surface area contributed by atoms with Crippen LogP contribution in [0.2, 0.25) is 0 Å². The van der Waals surface area contributed by atoms with Crippen molar-refractivity contribution in [3.63, 3.8) is 0 Å². The lowest BCUT2D eigenvalue weighted by Crippen LogP contribution is -2.42. The van der Waals surface area contributed by atoms with Crippen LogP contribution in [0, 0.1) is 5.92 Å². The minimum Gasteiger partial charge on any atom is -0.489 e. The number of carbonyl (C=O) groups is 2. The van der Waals surface area contributed by atoms with E-state index in [0.717, 1.165) is 23.5 Å². The number of nitrogens with zero attached hydrogens (tertiary/aromatic N) is 3. The molecule has 152 valence electrons. The van der Waals surface area contributed by atoms with Gasteiger partial charge in [0, 0.05) is 44.5 Å². The first kappa shape index (κ1) is 19.3. The molecule has 0 aromatic heterocycles. The van der Waals surface area contributed by atoms with Crippen LogP contribution in [0.3, 0.4) is 0 Å². The molecule has 1 atom stereocenters. The van der Waals surface area contributed by atoms with Crippen molar-refractivity contribution >= 4 is 28.9 Å². The minimum atomic E-state index is -0.340. The van der Waals surface area contributed by atoms with Gasteiger partial charge in [-0.2, -0.15) is 0 Å². The van der Waals surface area contributed by atoms with Crippen LogP contribution in [0.5, 0.6) is 5.75 Å². The van der Waals surface area contributed by atoms with E-state index in [1.165, 1.54) is 5.56 Å². The molecule has 0 spiro atoms. The van der Waals surface area contributed by atoms with Gasteiger partial charge in [-0.15, -0.1) is 0 Å². The molecule has 29 heavy (non-hydrogen) atoms. The van der Waals surface area contributed by atoms with Crippen LogP contribution in [-0.4, -0.2) is 45.6 Å². The molecule has 1 unspecified atom stereocenters. The second-order valence-electron chi connectivity index (χ2n) is 7.81. The summed E-state index contributed by atoms with van der Waals surface area (Å²) in [6.45, 7) is 3.49. The van der Waals surface area contributed by atoms with Crippen LogP contribution in [-0.2, 0) is 16.0 Å². The van der Waals surface area contributed by atoms with Crippen LogP contribution >= 0.6 is 0 Å². The Kier molecular flexibility index (Phi) is 5.18. The Hall–Kier alpha value is -3.02. The lowest BCUT2D eigenvalue weighted by Gasteiger charge is -2.32. The summed E-state index contributed by atoms with van der Waals surface area (Å²) in [6.07, 6.45) is 1.21. The molecule has 2 aliphatic heterocycles. The van der Waals surface area contributed by atoms with Crippen LogP contribution < -0.4 is 19.4 Å². The molecule has 6 heteroatoms. The van der Waals surface area contributed by atoms with Crippen molar-refractivity contribution in [2.24, 2.45) is 5.92 Å². The Labute approximate surface area is 171 Å². The second kappa shape index (κ2) is 7.78. The first-order valence-electron chi connectivity index (χ1n) is 10.1. The van der Waals surface area contributed by atoms with Gasteiger partial charge in [-0.1, -0.05) is 19.1 Å². The van der Waals surface area contributed by atoms with Crippen molar-refractivity contribution in [1.82, 2.24) is 0 Å². The molecule has 0 N–H and O–H groups in total. The molecule has 6 nitrogen and oxygen atoms in total.